The Morgan fingerprint density at radius 3 is 2.56 bits per heavy atom. The Bertz CT molecular complexity index is 834. The highest BCUT2D eigenvalue weighted by Gasteiger charge is 2.18. The number of rotatable bonds is 8. The number of amides is 1. The molecule has 0 aromatic heterocycles. The Hall–Kier alpha value is -2.85. The van der Waals surface area contributed by atoms with Crippen LogP contribution in [-0.2, 0) is 14.3 Å². The number of halogens is 1. The van der Waals surface area contributed by atoms with Crippen molar-refractivity contribution in [2.45, 2.75) is 18.2 Å². The van der Waals surface area contributed by atoms with Crippen molar-refractivity contribution in [3.63, 3.8) is 0 Å². The molecule has 7 heteroatoms. The molecule has 2 aromatic carbocycles. The maximum absolute atomic E-state index is 13.1. The molecule has 1 amide bonds. The number of nitrogens with zero attached hydrogens (tertiary/aromatic N) is 2. The number of hydrogen-bond donors (Lipinski definition) is 0. The maximum Gasteiger partial charge on any atom is 0.316 e. The van der Waals surface area contributed by atoms with Crippen LogP contribution in [0.3, 0.4) is 0 Å². The molecular formula is C20H19FN2O3S. The van der Waals surface area contributed by atoms with Crippen molar-refractivity contribution in [2.24, 2.45) is 0 Å². The van der Waals surface area contributed by atoms with Crippen LogP contribution in [-0.4, -0.2) is 30.8 Å². The lowest BCUT2D eigenvalue weighted by atomic mass is 10.2. The first-order chi connectivity index (χ1) is 13.0. The predicted molar refractivity (Wildman–Crippen MR) is 102 cm³/mol. The molecule has 0 fully saturated rings. The van der Waals surface area contributed by atoms with Gasteiger partial charge in [0.15, 0.2) is 6.61 Å². The standard InChI is InChI=1S/C20H19FN2O3S/c1-15-5-2-3-6-18(15)27-14-20(25)26-13-19(24)23(12-4-11-22)17-9-7-16(21)8-10-17/h2-3,5-10H,4,12-14H2,1H3. The van der Waals surface area contributed by atoms with E-state index in [9.17, 15) is 14.0 Å². The van der Waals surface area contributed by atoms with Crippen LogP contribution in [0.1, 0.15) is 12.0 Å². The molecule has 0 radical (unpaired) electrons. The van der Waals surface area contributed by atoms with Crippen molar-refractivity contribution in [1.29, 1.82) is 5.26 Å². The molecule has 0 bridgehead atoms. The second-order valence-electron chi connectivity index (χ2n) is 5.64. The van der Waals surface area contributed by atoms with Crippen LogP contribution in [0, 0.1) is 24.1 Å². The van der Waals surface area contributed by atoms with E-state index in [-0.39, 0.29) is 18.7 Å². The number of thioether (sulfide) groups is 1. The van der Waals surface area contributed by atoms with E-state index in [0.29, 0.717) is 5.69 Å². The van der Waals surface area contributed by atoms with Gasteiger partial charge in [-0.2, -0.15) is 5.26 Å². The quantitative estimate of drug-likeness (QED) is 0.511. The van der Waals surface area contributed by atoms with Gasteiger partial charge in [0.1, 0.15) is 5.82 Å². The summed E-state index contributed by atoms with van der Waals surface area (Å²) in [7, 11) is 0. The highest BCUT2D eigenvalue weighted by atomic mass is 32.2. The Morgan fingerprint density at radius 1 is 1.19 bits per heavy atom. The molecule has 2 rings (SSSR count). The van der Waals surface area contributed by atoms with Crippen LogP contribution in [0.25, 0.3) is 0 Å². The van der Waals surface area contributed by atoms with Gasteiger partial charge < -0.3 is 9.64 Å². The van der Waals surface area contributed by atoms with E-state index in [2.05, 4.69) is 0 Å². The Morgan fingerprint density at radius 2 is 1.89 bits per heavy atom. The van der Waals surface area contributed by atoms with Crippen LogP contribution >= 0.6 is 11.8 Å². The lowest BCUT2D eigenvalue weighted by molar-refractivity contribution is -0.145. The van der Waals surface area contributed by atoms with Crippen LogP contribution in [0.4, 0.5) is 10.1 Å². The summed E-state index contributed by atoms with van der Waals surface area (Å²) >= 11 is 1.34. The van der Waals surface area contributed by atoms with E-state index in [4.69, 9.17) is 10.00 Å². The normalized spacial score (nSPS) is 10.1. The molecular weight excluding hydrogens is 367 g/mol. The summed E-state index contributed by atoms with van der Waals surface area (Å²) in [5.41, 5.74) is 1.51. The summed E-state index contributed by atoms with van der Waals surface area (Å²) in [4.78, 5) is 26.6. The van der Waals surface area contributed by atoms with Crippen molar-refractivity contribution < 1.29 is 18.7 Å². The van der Waals surface area contributed by atoms with E-state index in [1.54, 1.807) is 0 Å². The number of aryl methyl sites for hydroxylation is 1. The molecule has 0 saturated carbocycles. The van der Waals surface area contributed by atoms with Crippen LogP contribution in [0.2, 0.25) is 0 Å². The lowest BCUT2D eigenvalue weighted by Crippen LogP contribution is -2.35. The van der Waals surface area contributed by atoms with Gasteiger partial charge in [-0.1, -0.05) is 18.2 Å². The molecule has 27 heavy (non-hydrogen) atoms. The molecule has 0 aliphatic rings. The van der Waals surface area contributed by atoms with Crippen molar-refractivity contribution in [2.75, 3.05) is 23.8 Å². The van der Waals surface area contributed by atoms with E-state index in [0.717, 1.165) is 10.5 Å². The first kappa shape index (κ1) is 20.5. The number of hydrogen-bond acceptors (Lipinski definition) is 5. The summed E-state index contributed by atoms with van der Waals surface area (Å²) in [6.07, 6.45) is 0.111. The monoisotopic (exact) mass is 386 g/mol. The van der Waals surface area contributed by atoms with Crippen LogP contribution in [0.5, 0.6) is 0 Å². The molecule has 0 aliphatic heterocycles. The average Bonchev–Trinajstić information content (AvgIpc) is 2.67. The summed E-state index contributed by atoms with van der Waals surface area (Å²) in [6, 6.07) is 15.0. The van der Waals surface area contributed by atoms with Crippen LogP contribution < -0.4 is 4.90 Å². The van der Waals surface area contributed by atoms with Crippen molar-refractivity contribution in [1.82, 2.24) is 0 Å². The third-order valence-corrected chi connectivity index (χ3v) is 4.83. The molecule has 0 spiro atoms. The molecule has 2 aromatic rings. The minimum absolute atomic E-state index is 0.0902. The molecule has 140 valence electrons. The van der Waals surface area contributed by atoms with Gasteiger partial charge in [0.25, 0.3) is 5.91 Å². The van der Waals surface area contributed by atoms with Crippen molar-refractivity contribution in [3.8, 4) is 6.07 Å². The summed E-state index contributed by atoms with van der Waals surface area (Å²) in [5, 5.41) is 8.77. The first-order valence-electron chi connectivity index (χ1n) is 8.28. The first-order valence-corrected chi connectivity index (χ1v) is 9.26. The van der Waals surface area contributed by atoms with Gasteiger partial charge in [0.05, 0.1) is 18.2 Å². The Kier molecular flexibility index (Phi) is 7.83. The number of ether oxygens (including phenoxy) is 1. The number of esters is 1. The van der Waals surface area contributed by atoms with Crippen molar-refractivity contribution in [3.05, 3.63) is 59.9 Å². The molecule has 0 saturated heterocycles. The van der Waals surface area contributed by atoms with Gasteiger partial charge in [-0.3, -0.25) is 9.59 Å². The third-order valence-electron chi connectivity index (χ3n) is 3.68. The largest absolute Gasteiger partial charge is 0.455 e. The molecule has 5 nitrogen and oxygen atoms in total. The molecule has 0 N–H and O–H groups in total. The van der Waals surface area contributed by atoms with E-state index >= 15 is 0 Å². The van der Waals surface area contributed by atoms with Gasteiger partial charge in [-0.15, -0.1) is 11.8 Å². The summed E-state index contributed by atoms with van der Waals surface area (Å²) in [6.45, 7) is 1.65. The number of benzene rings is 2. The zero-order valence-corrected chi connectivity index (χ0v) is 15.7. The zero-order chi connectivity index (χ0) is 19.6. The third kappa shape index (κ3) is 6.42. The van der Waals surface area contributed by atoms with Crippen molar-refractivity contribution >= 4 is 29.3 Å². The topological polar surface area (TPSA) is 70.4 Å². The predicted octanol–water partition coefficient (Wildman–Crippen LogP) is 3.72. The SMILES string of the molecule is Cc1ccccc1SCC(=O)OCC(=O)N(CCC#N)c1ccc(F)cc1. The number of anilines is 1. The van der Waals surface area contributed by atoms with Gasteiger partial charge in [-0.25, -0.2) is 4.39 Å². The maximum atomic E-state index is 13.1. The van der Waals surface area contributed by atoms with Crippen LogP contribution in [0.15, 0.2) is 53.4 Å². The van der Waals surface area contributed by atoms with Gasteiger partial charge in [-0.05, 0) is 42.8 Å². The second kappa shape index (κ2) is 10.3. The number of carbonyl (C=O) groups is 2. The Labute approximate surface area is 161 Å². The molecule has 0 unspecified atom stereocenters. The summed E-state index contributed by atoms with van der Waals surface area (Å²) < 4.78 is 18.1. The molecule has 0 aliphatic carbocycles. The average molecular weight is 386 g/mol. The number of nitriles is 1. The van der Waals surface area contributed by atoms with Gasteiger partial charge >= 0.3 is 5.97 Å². The smallest absolute Gasteiger partial charge is 0.316 e. The second-order valence-corrected chi connectivity index (χ2v) is 6.66. The minimum atomic E-state index is -0.504. The highest BCUT2D eigenvalue weighted by Crippen LogP contribution is 2.22. The lowest BCUT2D eigenvalue weighted by Gasteiger charge is -2.21. The summed E-state index contributed by atoms with van der Waals surface area (Å²) in [5.74, 6) is -1.31. The van der Waals surface area contributed by atoms with E-state index < -0.39 is 24.3 Å². The fourth-order valence-corrected chi connectivity index (χ4v) is 3.12. The fourth-order valence-electron chi connectivity index (χ4n) is 2.30. The van der Waals surface area contributed by atoms with Gasteiger partial charge in [0.2, 0.25) is 0 Å². The fraction of sp³-hybridized carbons (Fsp3) is 0.250. The highest BCUT2D eigenvalue weighted by molar-refractivity contribution is 8.00. The van der Waals surface area contributed by atoms with E-state index in [1.165, 1.54) is 40.9 Å². The minimum Gasteiger partial charge on any atom is -0.455 e. The van der Waals surface area contributed by atoms with Gasteiger partial charge in [0, 0.05) is 17.1 Å². The molecule has 0 atom stereocenters. The zero-order valence-electron chi connectivity index (χ0n) is 14.9. The Balaban J connectivity index is 1.90. The number of carbonyl (C=O) groups excluding carboxylic acids is 2. The van der Waals surface area contributed by atoms with E-state index in [1.807, 2.05) is 37.3 Å². The molecule has 0 heterocycles.